The number of alkyl halides is 3. The molecule has 0 radical (unpaired) electrons. The van der Waals surface area contributed by atoms with Crippen LogP contribution in [0.5, 0.6) is 0 Å². The van der Waals surface area contributed by atoms with Crippen LogP contribution in [0.25, 0.3) is 21.3 Å². The first-order valence-electron chi connectivity index (χ1n) is 7.35. The summed E-state index contributed by atoms with van der Waals surface area (Å²) >= 11 is 1.66. The van der Waals surface area contributed by atoms with E-state index in [9.17, 15) is 18.0 Å². The molecule has 3 nitrogen and oxygen atoms in total. The van der Waals surface area contributed by atoms with Crippen molar-refractivity contribution in [2.24, 2.45) is 0 Å². The summed E-state index contributed by atoms with van der Waals surface area (Å²) < 4.78 is 50.2. The number of fused-ring (bicyclic) bond motifs is 1. The van der Waals surface area contributed by atoms with Crippen molar-refractivity contribution in [3.63, 3.8) is 0 Å². The van der Waals surface area contributed by atoms with Crippen LogP contribution < -0.4 is 0 Å². The van der Waals surface area contributed by atoms with E-state index in [0.717, 1.165) is 10.1 Å². The number of ether oxygens (including phenoxy) is 1. The third-order valence-electron chi connectivity index (χ3n) is 3.29. The van der Waals surface area contributed by atoms with Gasteiger partial charge in [0.25, 0.3) is 0 Å². The quantitative estimate of drug-likeness (QED) is 0.508. The Morgan fingerprint density at radius 2 is 1.84 bits per heavy atom. The zero-order valence-electron chi connectivity index (χ0n) is 13.6. The number of hydrogen-bond acceptors (Lipinski definition) is 5. The minimum atomic E-state index is -4.67. The predicted molar refractivity (Wildman–Crippen MR) is 93.1 cm³/mol. The Morgan fingerprint density at radius 1 is 1.16 bits per heavy atom. The summed E-state index contributed by atoms with van der Waals surface area (Å²) in [7, 11) is 0. The second-order valence-corrected chi connectivity index (χ2v) is 8.07. The number of halogens is 3. The van der Waals surface area contributed by atoms with Gasteiger partial charge >= 0.3 is 12.1 Å². The number of carbonyl (C=O) groups excluding carboxylic acids is 1. The Hall–Kier alpha value is -1.93. The van der Waals surface area contributed by atoms with Crippen molar-refractivity contribution in [3.8, 4) is 11.3 Å². The number of nitrogens with zero attached hydrogens (tertiary/aromatic N) is 1. The molecule has 0 spiro atoms. The fourth-order valence-corrected chi connectivity index (χ4v) is 4.04. The van der Waals surface area contributed by atoms with Gasteiger partial charge in [0.05, 0.1) is 0 Å². The first-order valence-corrected chi connectivity index (χ1v) is 9.00. The molecule has 1 aromatic carbocycles. The fraction of sp³-hybridized carbons (Fsp3) is 0.294. The SMILES string of the molecule is CC(C)(C)OC(=O)c1c(-c2csc3ccccc23)nsc1C(F)(F)F. The molecule has 2 aromatic heterocycles. The van der Waals surface area contributed by atoms with Crippen LogP contribution in [0.15, 0.2) is 29.6 Å². The molecule has 25 heavy (non-hydrogen) atoms. The first-order chi connectivity index (χ1) is 11.6. The van der Waals surface area contributed by atoms with Gasteiger partial charge in [0.15, 0.2) is 0 Å². The highest BCUT2D eigenvalue weighted by atomic mass is 32.1. The number of esters is 1. The molecule has 0 aliphatic heterocycles. The minimum Gasteiger partial charge on any atom is -0.456 e. The van der Waals surface area contributed by atoms with E-state index in [-0.39, 0.29) is 17.2 Å². The van der Waals surface area contributed by atoms with E-state index in [1.54, 1.807) is 38.3 Å². The van der Waals surface area contributed by atoms with Crippen LogP contribution in [0.4, 0.5) is 13.2 Å². The number of rotatable bonds is 2. The standard InChI is InChI=1S/C17H14F3NO2S2/c1-16(2,3)23-15(22)12-13(21-25-14(12)17(18,19)20)10-8-24-11-7-5-4-6-9(10)11/h4-8H,1-3H3. The first kappa shape index (κ1) is 17.9. The highest BCUT2D eigenvalue weighted by Crippen LogP contribution is 2.43. The molecule has 0 saturated carbocycles. The largest absolute Gasteiger partial charge is 0.456 e. The van der Waals surface area contributed by atoms with Gasteiger partial charge in [0.1, 0.15) is 21.7 Å². The molecular formula is C17H14F3NO2S2. The third-order valence-corrected chi connectivity index (χ3v) is 5.14. The summed E-state index contributed by atoms with van der Waals surface area (Å²) in [6.45, 7) is 4.83. The fourth-order valence-electron chi connectivity index (χ4n) is 2.35. The average molecular weight is 385 g/mol. The van der Waals surface area contributed by atoms with E-state index in [4.69, 9.17) is 4.74 Å². The van der Waals surface area contributed by atoms with Crippen LogP contribution >= 0.6 is 22.9 Å². The highest BCUT2D eigenvalue weighted by molar-refractivity contribution is 7.17. The molecule has 0 amide bonds. The van der Waals surface area contributed by atoms with E-state index in [2.05, 4.69) is 4.37 Å². The van der Waals surface area contributed by atoms with Crippen LogP contribution in [-0.2, 0) is 10.9 Å². The van der Waals surface area contributed by atoms with E-state index in [1.807, 2.05) is 12.1 Å². The lowest BCUT2D eigenvalue weighted by Gasteiger charge is -2.20. The summed E-state index contributed by atoms with van der Waals surface area (Å²) in [4.78, 5) is 11.5. The summed E-state index contributed by atoms with van der Waals surface area (Å²) in [5, 5.41) is 2.48. The number of aromatic nitrogens is 1. The second kappa shape index (κ2) is 6.10. The molecular weight excluding hydrogens is 371 g/mol. The predicted octanol–water partition coefficient (Wildman–Crippen LogP) is 6.00. The molecule has 0 bridgehead atoms. The lowest BCUT2D eigenvalue weighted by atomic mass is 10.0. The van der Waals surface area contributed by atoms with Gasteiger partial charge in [-0.25, -0.2) is 4.79 Å². The van der Waals surface area contributed by atoms with Gasteiger partial charge in [-0.2, -0.15) is 17.5 Å². The molecule has 0 aliphatic carbocycles. The molecule has 8 heteroatoms. The van der Waals surface area contributed by atoms with Crippen molar-refractivity contribution in [1.82, 2.24) is 4.37 Å². The van der Waals surface area contributed by atoms with Gasteiger partial charge in [-0.1, -0.05) is 18.2 Å². The molecule has 0 aliphatic rings. The van der Waals surface area contributed by atoms with Crippen molar-refractivity contribution in [2.45, 2.75) is 32.5 Å². The minimum absolute atomic E-state index is 0.0176. The molecule has 0 atom stereocenters. The number of thiophene rings is 1. The van der Waals surface area contributed by atoms with Crippen molar-refractivity contribution >= 4 is 38.9 Å². The number of benzene rings is 1. The monoisotopic (exact) mass is 385 g/mol. The van der Waals surface area contributed by atoms with Crippen molar-refractivity contribution in [1.29, 1.82) is 0 Å². The summed E-state index contributed by atoms with van der Waals surface area (Å²) in [6, 6.07) is 7.31. The summed E-state index contributed by atoms with van der Waals surface area (Å²) in [5.41, 5.74) is -0.899. The maximum Gasteiger partial charge on any atom is 0.428 e. The molecule has 2 heterocycles. The van der Waals surface area contributed by atoms with Gasteiger partial charge in [-0.05, 0) is 38.4 Å². The van der Waals surface area contributed by atoms with Gasteiger partial charge < -0.3 is 4.74 Å². The van der Waals surface area contributed by atoms with Crippen LogP contribution in [0.2, 0.25) is 0 Å². The molecule has 0 unspecified atom stereocenters. The van der Waals surface area contributed by atoms with Gasteiger partial charge in [-0.15, -0.1) is 11.3 Å². The van der Waals surface area contributed by atoms with Crippen LogP contribution in [-0.4, -0.2) is 15.9 Å². The van der Waals surface area contributed by atoms with E-state index in [1.165, 1.54) is 11.3 Å². The lowest BCUT2D eigenvalue weighted by Crippen LogP contribution is -2.25. The Balaban J connectivity index is 2.21. The molecule has 132 valence electrons. The third kappa shape index (κ3) is 3.55. The van der Waals surface area contributed by atoms with Crippen LogP contribution in [0.3, 0.4) is 0 Å². The maximum atomic E-state index is 13.4. The summed E-state index contributed by atoms with van der Waals surface area (Å²) in [6.07, 6.45) is -4.67. The zero-order chi connectivity index (χ0) is 18.4. The Labute approximate surface area is 150 Å². The topological polar surface area (TPSA) is 39.2 Å². The van der Waals surface area contributed by atoms with Crippen molar-refractivity contribution < 1.29 is 22.7 Å². The smallest absolute Gasteiger partial charge is 0.428 e. The summed E-state index contributed by atoms with van der Waals surface area (Å²) in [5.74, 6) is -1.01. The number of hydrogen-bond donors (Lipinski definition) is 0. The van der Waals surface area contributed by atoms with Crippen LogP contribution in [0.1, 0.15) is 36.0 Å². The molecule has 3 rings (SSSR count). The number of carbonyl (C=O) groups is 1. The molecule has 0 fully saturated rings. The van der Waals surface area contributed by atoms with Gasteiger partial charge in [0.2, 0.25) is 0 Å². The maximum absolute atomic E-state index is 13.4. The zero-order valence-corrected chi connectivity index (χ0v) is 15.2. The van der Waals surface area contributed by atoms with Gasteiger partial charge in [0, 0.05) is 21.0 Å². The molecule has 0 saturated heterocycles. The van der Waals surface area contributed by atoms with Crippen LogP contribution in [0, 0.1) is 0 Å². The van der Waals surface area contributed by atoms with Crippen molar-refractivity contribution in [3.05, 3.63) is 40.1 Å². The highest BCUT2D eigenvalue weighted by Gasteiger charge is 2.41. The Kier molecular flexibility index (Phi) is 4.36. The van der Waals surface area contributed by atoms with E-state index < -0.39 is 28.2 Å². The van der Waals surface area contributed by atoms with E-state index in [0.29, 0.717) is 5.56 Å². The van der Waals surface area contributed by atoms with Gasteiger partial charge in [-0.3, -0.25) is 0 Å². The molecule has 3 aromatic rings. The second-order valence-electron chi connectivity index (χ2n) is 6.38. The normalized spacial score (nSPS) is 12.6. The Morgan fingerprint density at radius 3 is 2.48 bits per heavy atom. The average Bonchev–Trinajstić information content (AvgIpc) is 3.08. The Bertz CT molecular complexity index is 935. The lowest BCUT2D eigenvalue weighted by molar-refractivity contribution is -0.135. The molecule has 0 N–H and O–H groups in total. The van der Waals surface area contributed by atoms with E-state index >= 15 is 0 Å². The van der Waals surface area contributed by atoms with Crippen molar-refractivity contribution in [2.75, 3.05) is 0 Å².